The number of carbonyl (C=O) groups is 2. The number of rotatable bonds is 5. The number of amides is 2. The fourth-order valence-corrected chi connectivity index (χ4v) is 4.07. The number of hydrogen-bond acceptors (Lipinski definition) is 8. The lowest BCUT2D eigenvalue weighted by molar-refractivity contribution is 0.0573. The Morgan fingerprint density at radius 2 is 1.74 bits per heavy atom. The summed E-state index contributed by atoms with van der Waals surface area (Å²) in [5, 5.41) is 13.8. The van der Waals surface area contributed by atoms with Crippen LogP contribution in [0.1, 0.15) is 39.4 Å². The van der Waals surface area contributed by atoms with Gasteiger partial charge in [0.2, 0.25) is 0 Å². The third kappa shape index (κ3) is 3.34. The molecule has 1 unspecified atom stereocenters. The fourth-order valence-electron chi connectivity index (χ4n) is 3.33. The van der Waals surface area contributed by atoms with Crippen LogP contribution in [0.4, 0.5) is 0 Å². The van der Waals surface area contributed by atoms with E-state index in [9.17, 15) is 14.7 Å². The summed E-state index contributed by atoms with van der Waals surface area (Å²) in [6.07, 6.45) is 1.61. The first-order chi connectivity index (χ1) is 15.0. The van der Waals surface area contributed by atoms with Crippen LogP contribution in [-0.4, -0.2) is 32.0 Å². The summed E-state index contributed by atoms with van der Waals surface area (Å²) in [5.41, 5.74) is 1.30. The third-order valence-corrected chi connectivity index (χ3v) is 5.83. The summed E-state index contributed by atoms with van der Waals surface area (Å²) < 4.78 is 11.1. The molecule has 2 amide bonds. The highest BCUT2D eigenvalue weighted by molar-refractivity contribution is 7.16. The van der Waals surface area contributed by atoms with Crippen LogP contribution in [0.2, 0.25) is 0 Å². The highest BCUT2D eigenvalue weighted by Gasteiger charge is 2.40. The van der Waals surface area contributed by atoms with Crippen molar-refractivity contribution in [1.82, 2.24) is 15.0 Å². The van der Waals surface area contributed by atoms with E-state index in [1.54, 1.807) is 55.6 Å². The van der Waals surface area contributed by atoms with E-state index in [1.807, 2.05) is 0 Å². The number of aromatic hydroxyl groups is 1. The molecule has 0 fully saturated rings. The van der Waals surface area contributed by atoms with Crippen molar-refractivity contribution in [3.63, 3.8) is 0 Å². The number of aromatic nitrogens is 2. The summed E-state index contributed by atoms with van der Waals surface area (Å²) in [7, 11) is 0. The zero-order chi connectivity index (χ0) is 21.5. The number of fused-ring (bicyclic) bond motifs is 1. The van der Waals surface area contributed by atoms with Crippen LogP contribution < -0.4 is 4.74 Å². The van der Waals surface area contributed by atoms with Gasteiger partial charge in [0.25, 0.3) is 17.0 Å². The van der Waals surface area contributed by atoms with Gasteiger partial charge in [0, 0.05) is 6.07 Å². The topological polar surface area (TPSA) is 106 Å². The Hall–Kier alpha value is -3.98. The summed E-state index contributed by atoms with van der Waals surface area (Å²) in [6.45, 7) is 1.72. The molecule has 0 bridgehead atoms. The van der Waals surface area contributed by atoms with Crippen molar-refractivity contribution in [3.8, 4) is 27.3 Å². The Balaban J connectivity index is 1.35. The van der Waals surface area contributed by atoms with Crippen LogP contribution in [0, 0.1) is 0 Å². The van der Waals surface area contributed by atoms with Crippen molar-refractivity contribution in [3.05, 3.63) is 77.7 Å². The van der Waals surface area contributed by atoms with Gasteiger partial charge in [0.15, 0.2) is 5.76 Å². The molecule has 9 heteroatoms. The first-order valence-electron chi connectivity index (χ1n) is 9.38. The summed E-state index contributed by atoms with van der Waals surface area (Å²) >= 11 is 1.27. The van der Waals surface area contributed by atoms with Crippen LogP contribution in [0.25, 0.3) is 10.6 Å². The van der Waals surface area contributed by atoms with Crippen LogP contribution in [0.3, 0.4) is 0 Å². The van der Waals surface area contributed by atoms with Gasteiger partial charge < -0.3 is 14.4 Å². The van der Waals surface area contributed by atoms with Crippen LogP contribution in [0.5, 0.6) is 16.7 Å². The van der Waals surface area contributed by atoms with E-state index < -0.39 is 6.04 Å². The second-order valence-electron chi connectivity index (χ2n) is 6.90. The molecule has 31 heavy (non-hydrogen) atoms. The van der Waals surface area contributed by atoms with E-state index in [0.717, 1.165) is 0 Å². The van der Waals surface area contributed by atoms with Gasteiger partial charge in [0.05, 0.1) is 28.2 Å². The monoisotopic (exact) mass is 433 g/mol. The minimum atomic E-state index is -0.616. The normalized spacial score (nSPS) is 14.0. The quantitative estimate of drug-likeness (QED) is 0.457. The molecule has 2 aromatic heterocycles. The summed E-state index contributed by atoms with van der Waals surface area (Å²) in [4.78, 5) is 31.5. The van der Waals surface area contributed by atoms with E-state index in [1.165, 1.54) is 28.4 Å². The number of carbonyl (C=O) groups excluding carboxylic acids is 2. The van der Waals surface area contributed by atoms with Crippen molar-refractivity contribution in [2.45, 2.75) is 13.0 Å². The summed E-state index contributed by atoms with van der Waals surface area (Å²) in [5.74, 6) is 0.369. The molecule has 0 spiro atoms. The Bertz CT molecular complexity index is 1260. The molecule has 2 aromatic carbocycles. The standard InChI is InChI=1S/C22H15N3O5S/c1-12(25-20(27)15-4-2-3-5-16(15)21(25)28)18-10-17(24-30-18)19-11-23-22(31-19)29-14-8-6-13(26)7-9-14/h2-12,26H,1H3. The molecule has 4 aromatic rings. The van der Waals surface area contributed by atoms with Gasteiger partial charge >= 0.3 is 0 Å². The van der Waals surface area contributed by atoms with E-state index in [-0.39, 0.29) is 17.6 Å². The van der Waals surface area contributed by atoms with Crippen LogP contribution >= 0.6 is 11.3 Å². The number of thiazole rings is 1. The second-order valence-corrected chi connectivity index (χ2v) is 7.90. The zero-order valence-corrected chi connectivity index (χ0v) is 17.0. The van der Waals surface area contributed by atoms with E-state index in [4.69, 9.17) is 9.26 Å². The van der Waals surface area contributed by atoms with Gasteiger partial charge in [-0.3, -0.25) is 14.5 Å². The number of imide groups is 1. The SMILES string of the molecule is CC(c1cc(-c2cnc(Oc3ccc(O)cc3)s2)no1)N1C(=O)c2ccccc2C1=O. The van der Waals surface area contributed by atoms with E-state index in [2.05, 4.69) is 10.1 Å². The molecule has 0 saturated heterocycles. The lowest BCUT2D eigenvalue weighted by Gasteiger charge is -2.19. The molecule has 1 aliphatic rings. The Labute approximate surface area is 180 Å². The highest BCUT2D eigenvalue weighted by atomic mass is 32.1. The molecule has 5 rings (SSSR count). The van der Waals surface area contributed by atoms with Crippen molar-refractivity contribution in [1.29, 1.82) is 0 Å². The first-order valence-corrected chi connectivity index (χ1v) is 10.2. The average Bonchev–Trinajstić information content (AvgIpc) is 3.49. The lowest BCUT2D eigenvalue weighted by Crippen LogP contribution is -2.32. The highest BCUT2D eigenvalue weighted by Crippen LogP contribution is 2.36. The predicted octanol–water partition coefficient (Wildman–Crippen LogP) is 4.65. The van der Waals surface area contributed by atoms with Crippen molar-refractivity contribution >= 4 is 23.2 Å². The molecule has 154 valence electrons. The Morgan fingerprint density at radius 3 is 2.42 bits per heavy atom. The molecular formula is C22H15N3O5S. The molecule has 0 saturated carbocycles. The summed E-state index contributed by atoms with van der Waals surface area (Å²) in [6, 6.07) is 14.1. The smallest absolute Gasteiger partial charge is 0.279 e. The molecule has 0 aliphatic carbocycles. The molecule has 1 aliphatic heterocycles. The maximum atomic E-state index is 12.7. The number of phenols is 1. The van der Waals surface area contributed by atoms with Gasteiger partial charge in [-0.05, 0) is 43.3 Å². The maximum Gasteiger partial charge on any atom is 0.279 e. The van der Waals surface area contributed by atoms with E-state index in [0.29, 0.717) is 38.4 Å². The molecule has 8 nitrogen and oxygen atoms in total. The van der Waals surface area contributed by atoms with Crippen molar-refractivity contribution in [2.24, 2.45) is 0 Å². The lowest BCUT2D eigenvalue weighted by atomic mass is 10.1. The Morgan fingerprint density at radius 1 is 1.06 bits per heavy atom. The largest absolute Gasteiger partial charge is 0.508 e. The van der Waals surface area contributed by atoms with E-state index >= 15 is 0 Å². The van der Waals surface area contributed by atoms with Gasteiger partial charge in [-0.1, -0.05) is 28.6 Å². The Kier molecular flexibility index (Phi) is 4.52. The van der Waals surface area contributed by atoms with Gasteiger partial charge in [-0.25, -0.2) is 4.98 Å². The predicted molar refractivity (Wildman–Crippen MR) is 111 cm³/mol. The minimum Gasteiger partial charge on any atom is -0.508 e. The number of ether oxygens (including phenoxy) is 1. The third-order valence-electron chi connectivity index (χ3n) is 4.93. The van der Waals surface area contributed by atoms with Gasteiger partial charge in [-0.15, -0.1) is 0 Å². The van der Waals surface area contributed by atoms with Crippen LogP contribution in [-0.2, 0) is 0 Å². The number of nitrogens with zero attached hydrogens (tertiary/aromatic N) is 3. The number of benzene rings is 2. The maximum absolute atomic E-state index is 12.7. The average molecular weight is 433 g/mol. The second kappa shape index (κ2) is 7.37. The molecular weight excluding hydrogens is 418 g/mol. The molecule has 0 radical (unpaired) electrons. The van der Waals surface area contributed by atoms with Gasteiger partial charge in [0.1, 0.15) is 17.2 Å². The molecule has 1 N–H and O–H groups in total. The number of hydrogen-bond donors (Lipinski definition) is 1. The number of phenolic OH excluding ortho intramolecular Hbond substituents is 1. The minimum absolute atomic E-state index is 0.148. The van der Waals surface area contributed by atoms with Crippen molar-refractivity contribution in [2.75, 3.05) is 0 Å². The molecule has 1 atom stereocenters. The zero-order valence-electron chi connectivity index (χ0n) is 16.2. The molecule has 3 heterocycles. The first kappa shape index (κ1) is 19.0. The van der Waals surface area contributed by atoms with Crippen LogP contribution in [0.15, 0.2) is 65.3 Å². The van der Waals surface area contributed by atoms with Gasteiger partial charge in [-0.2, -0.15) is 0 Å². The fraction of sp³-hybridized carbons (Fsp3) is 0.0909. The van der Waals surface area contributed by atoms with Crippen molar-refractivity contribution < 1.29 is 24.0 Å².